The molecule has 0 amide bonds. The molecule has 0 aliphatic heterocycles. The summed E-state index contributed by atoms with van der Waals surface area (Å²) in [6.45, 7) is 4.03. The number of rotatable bonds is 5. The molecular formula is C11H20N4O. The molecule has 2 unspecified atom stereocenters. The molecule has 1 heterocycles. The number of nitrogens with two attached hydrogens (primary N) is 2. The van der Waals surface area contributed by atoms with E-state index in [1.54, 1.807) is 25.6 Å². The lowest BCUT2D eigenvalue weighted by Crippen LogP contribution is -2.46. The standard InChI is InChI=1S/C11H20N4O/c1-4-11(2,16-3)10(15-13)8-7-14-6-5-9(8)12/h5-7,10,15H,4,13H2,1-3H3,(H2,12,14). The van der Waals surface area contributed by atoms with Crippen LogP contribution in [0.25, 0.3) is 0 Å². The topological polar surface area (TPSA) is 86.2 Å². The fourth-order valence-electron chi connectivity index (χ4n) is 1.72. The monoisotopic (exact) mass is 224 g/mol. The molecule has 5 heteroatoms. The molecule has 0 fully saturated rings. The van der Waals surface area contributed by atoms with Gasteiger partial charge in [0.25, 0.3) is 0 Å². The summed E-state index contributed by atoms with van der Waals surface area (Å²) in [4.78, 5) is 4.07. The smallest absolute Gasteiger partial charge is 0.0856 e. The first-order chi connectivity index (χ1) is 7.59. The molecule has 0 aliphatic rings. The van der Waals surface area contributed by atoms with Crippen LogP contribution >= 0.6 is 0 Å². The molecular weight excluding hydrogens is 204 g/mol. The van der Waals surface area contributed by atoms with E-state index in [0.29, 0.717) is 5.69 Å². The average Bonchev–Trinajstić information content (AvgIpc) is 2.32. The van der Waals surface area contributed by atoms with Gasteiger partial charge in [0.2, 0.25) is 0 Å². The van der Waals surface area contributed by atoms with E-state index in [-0.39, 0.29) is 6.04 Å². The SMILES string of the molecule is CCC(C)(OC)C(NN)c1cnccc1N. The molecule has 5 N–H and O–H groups in total. The number of hydrazine groups is 1. The van der Waals surface area contributed by atoms with Crippen LogP contribution in [0, 0.1) is 0 Å². The highest BCUT2D eigenvalue weighted by atomic mass is 16.5. The Morgan fingerprint density at radius 1 is 1.62 bits per heavy atom. The molecule has 0 bridgehead atoms. The number of ether oxygens (including phenoxy) is 1. The summed E-state index contributed by atoms with van der Waals surface area (Å²) in [5.41, 5.74) is 9.78. The lowest BCUT2D eigenvalue weighted by molar-refractivity contribution is -0.0299. The van der Waals surface area contributed by atoms with E-state index in [9.17, 15) is 0 Å². The van der Waals surface area contributed by atoms with E-state index in [1.165, 1.54) is 0 Å². The summed E-state index contributed by atoms with van der Waals surface area (Å²) >= 11 is 0. The number of hydrogen-bond donors (Lipinski definition) is 3. The van der Waals surface area contributed by atoms with Gasteiger partial charge in [-0.3, -0.25) is 10.8 Å². The Morgan fingerprint density at radius 3 is 2.75 bits per heavy atom. The number of nitrogen functional groups attached to an aromatic ring is 1. The quantitative estimate of drug-likeness (QED) is 0.513. The molecule has 2 atom stereocenters. The predicted molar refractivity (Wildman–Crippen MR) is 64.4 cm³/mol. The third-order valence-corrected chi connectivity index (χ3v) is 3.14. The summed E-state index contributed by atoms with van der Waals surface area (Å²) in [7, 11) is 1.67. The number of nitrogens with one attached hydrogen (secondary N) is 1. The van der Waals surface area contributed by atoms with Crippen molar-refractivity contribution < 1.29 is 4.74 Å². The van der Waals surface area contributed by atoms with Crippen LogP contribution in [0.15, 0.2) is 18.5 Å². The fourth-order valence-corrected chi connectivity index (χ4v) is 1.72. The molecule has 0 radical (unpaired) electrons. The maximum Gasteiger partial charge on any atom is 0.0856 e. The van der Waals surface area contributed by atoms with E-state index in [4.69, 9.17) is 16.3 Å². The summed E-state index contributed by atoms with van der Waals surface area (Å²) in [6.07, 6.45) is 4.18. The van der Waals surface area contributed by atoms with Crippen LogP contribution in [-0.4, -0.2) is 17.7 Å². The van der Waals surface area contributed by atoms with Crippen molar-refractivity contribution in [1.82, 2.24) is 10.4 Å². The molecule has 0 aliphatic carbocycles. The zero-order valence-electron chi connectivity index (χ0n) is 10.0. The van der Waals surface area contributed by atoms with E-state index in [2.05, 4.69) is 10.4 Å². The van der Waals surface area contributed by atoms with E-state index in [0.717, 1.165) is 12.0 Å². The molecule has 0 spiro atoms. The number of methoxy groups -OCH3 is 1. The lowest BCUT2D eigenvalue weighted by atomic mass is 9.88. The first-order valence-corrected chi connectivity index (χ1v) is 5.29. The third kappa shape index (κ3) is 2.32. The van der Waals surface area contributed by atoms with Crippen LogP contribution in [0.4, 0.5) is 5.69 Å². The molecule has 90 valence electrons. The summed E-state index contributed by atoms with van der Waals surface area (Å²) < 4.78 is 5.52. The van der Waals surface area contributed by atoms with Gasteiger partial charge in [0.05, 0.1) is 11.6 Å². The normalized spacial score (nSPS) is 16.8. The second-order valence-corrected chi connectivity index (χ2v) is 3.97. The van der Waals surface area contributed by atoms with Crippen molar-refractivity contribution in [2.24, 2.45) is 5.84 Å². The zero-order chi connectivity index (χ0) is 12.2. The van der Waals surface area contributed by atoms with Crippen molar-refractivity contribution in [1.29, 1.82) is 0 Å². The van der Waals surface area contributed by atoms with Crippen molar-refractivity contribution in [2.45, 2.75) is 31.9 Å². The Balaban J connectivity index is 3.12. The van der Waals surface area contributed by atoms with Crippen molar-refractivity contribution in [3.63, 3.8) is 0 Å². The Kier molecular flexibility index (Phi) is 4.23. The van der Waals surface area contributed by atoms with Crippen LogP contribution in [0.1, 0.15) is 31.9 Å². The zero-order valence-corrected chi connectivity index (χ0v) is 10.0. The molecule has 1 aromatic heterocycles. The molecule has 0 aromatic carbocycles. The second-order valence-electron chi connectivity index (χ2n) is 3.97. The van der Waals surface area contributed by atoms with E-state index < -0.39 is 5.60 Å². The predicted octanol–water partition coefficient (Wildman–Crippen LogP) is 0.983. The number of pyridine rings is 1. The Labute approximate surface area is 96.2 Å². The molecule has 0 saturated carbocycles. The number of aromatic nitrogens is 1. The van der Waals surface area contributed by atoms with Crippen molar-refractivity contribution in [3.05, 3.63) is 24.0 Å². The molecule has 0 saturated heterocycles. The maximum atomic E-state index is 5.91. The van der Waals surface area contributed by atoms with Gasteiger partial charge in [-0.2, -0.15) is 0 Å². The van der Waals surface area contributed by atoms with Gasteiger partial charge in [-0.1, -0.05) is 6.92 Å². The van der Waals surface area contributed by atoms with Gasteiger partial charge in [-0.15, -0.1) is 0 Å². The highest BCUT2D eigenvalue weighted by Gasteiger charge is 2.34. The highest BCUT2D eigenvalue weighted by molar-refractivity contribution is 5.47. The molecule has 1 rings (SSSR count). The third-order valence-electron chi connectivity index (χ3n) is 3.14. The summed E-state index contributed by atoms with van der Waals surface area (Å²) in [6, 6.07) is 1.57. The largest absolute Gasteiger partial charge is 0.398 e. The number of nitrogens with zero attached hydrogens (tertiary/aromatic N) is 1. The van der Waals surface area contributed by atoms with Crippen molar-refractivity contribution in [3.8, 4) is 0 Å². The fraction of sp³-hybridized carbons (Fsp3) is 0.545. The van der Waals surface area contributed by atoms with Gasteiger partial charge in [-0.05, 0) is 19.4 Å². The van der Waals surface area contributed by atoms with Crippen LogP contribution in [-0.2, 0) is 4.74 Å². The first-order valence-electron chi connectivity index (χ1n) is 5.29. The second kappa shape index (κ2) is 5.25. The minimum Gasteiger partial charge on any atom is -0.398 e. The summed E-state index contributed by atoms with van der Waals surface area (Å²) in [5.74, 6) is 5.60. The Bertz CT molecular complexity index is 339. The van der Waals surface area contributed by atoms with Gasteiger partial charge in [-0.25, -0.2) is 5.43 Å². The number of anilines is 1. The van der Waals surface area contributed by atoms with E-state index in [1.807, 2.05) is 13.8 Å². The van der Waals surface area contributed by atoms with Crippen molar-refractivity contribution >= 4 is 5.69 Å². The Hall–Kier alpha value is -1.17. The molecule has 16 heavy (non-hydrogen) atoms. The highest BCUT2D eigenvalue weighted by Crippen LogP contribution is 2.33. The maximum absolute atomic E-state index is 5.91. The minimum atomic E-state index is -0.411. The molecule has 5 nitrogen and oxygen atoms in total. The average molecular weight is 224 g/mol. The first kappa shape index (κ1) is 12.9. The van der Waals surface area contributed by atoms with Crippen LogP contribution in [0.2, 0.25) is 0 Å². The van der Waals surface area contributed by atoms with Gasteiger partial charge in [0.1, 0.15) is 0 Å². The minimum absolute atomic E-state index is 0.184. The van der Waals surface area contributed by atoms with Gasteiger partial charge < -0.3 is 10.5 Å². The van der Waals surface area contributed by atoms with Gasteiger partial charge >= 0.3 is 0 Å². The number of hydrogen-bond acceptors (Lipinski definition) is 5. The van der Waals surface area contributed by atoms with Crippen LogP contribution in [0.5, 0.6) is 0 Å². The van der Waals surface area contributed by atoms with Crippen LogP contribution < -0.4 is 17.0 Å². The molecule has 1 aromatic rings. The van der Waals surface area contributed by atoms with Crippen molar-refractivity contribution in [2.75, 3.05) is 12.8 Å². The van der Waals surface area contributed by atoms with Gasteiger partial charge in [0.15, 0.2) is 0 Å². The Morgan fingerprint density at radius 2 is 2.31 bits per heavy atom. The van der Waals surface area contributed by atoms with Crippen LogP contribution in [0.3, 0.4) is 0 Å². The lowest BCUT2D eigenvalue weighted by Gasteiger charge is -2.35. The van der Waals surface area contributed by atoms with Gasteiger partial charge in [0, 0.05) is 30.8 Å². The summed E-state index contributed by atoms with van der Waals surface area (Å²) in [5, 5.41) is 0. The van der Waals surface area contributed by atoms with E-state index >= 15 is 0 Å².